The topological polar surface area (TPSA) is 29.1 Å². The van der Waals surface area contributed by atoms with E-state index in [4.69, 9.17) is 0 Å². The summed E-state index contributed by atoms with van der Waals surface area (Å²) in [6.45, 7) is 6.46. The lowest BCUT2D eigenvalue weighted by atomic mass is 9.90. The summed E-state index contributed by atoms with van der Waals surface area (Å²) in [6, 6.07) is 14.8. The van der Waals surface area contributed by atoms with E-state index in [0.29, 0.717) is 0 Å². The zero-order valence-electron chi connectivity index (χ0n) is 16.4. The molecule has 1 aliphatic rings. The average molecular weight is 348 g/mol. The summed E-state index contributed by atoms with van der Waals surface area (Å²) >= 11 is 0. The van der Waals surface area contributed by atoms with E-state index in [1.165, 1.54) is 29.5 Å². The molecule has 2 nitrogen and oxygen atoms in total. The number of hydrogen-bond donors (Lipinski definition) is 1. The van der Waals surface area contributed by atoms with Gasteiger partial charge in [0.15, 0.2) is 5.78 Å². The minimum atomic E-state index is -0.0762. The van der Waals surface area contributed by atoms with E-state index in [-0.39, 0.29) is 11.7 Å². The van der Waals surface area contributed by atoms with E-state index in [9.17, 15) is 4.79 Å². The first-order chi connectivity index (χ1) is 12.5. The molecule has 0 amide bonds. The first-order valence-corrected chi connectivity index (χ1v) is 9.66. The van der Waals surface area contributed by atoms with Crippen LogP contribution in [0.25, 0.3) is 5.57 Å². The predicted molar refractivity (Wildman–Crippen MR) is 109 cm³/mol. The number of carbonyl (C=O) groups is 1. The van der Waals surface area contributed by atoms with Crippen molar-refractivity contribution >= 4 is 11.4 Å². The first kappa shape index (κ1) is 18.4. The van der Waals surface area contributed by atoms with Gasteiger partial charge in [-0.2, -0.15) is 0 Å². The van der Waals surface area contributed by atoms with Gasteiger partial charge in [-0.15, -0.1) is 0 Å². The van der Waals surface area contributed by atoms with Gasteiger partial charge in [-0.1, -0.05) is 61.4 Å². The number of carbonyl (C=O) groups excluding carboxylic acids is 1. The summed E-state index contributed by atoms with van der Waals surface area (Å²) in [4.78, 5) is 13.3. The van der Waals surface area contributed by atoms with Crippen molar-refractivity contribution in [3.8, 4) is 0 Å². The summed E-state index contributed by atoms with van der Waals surface area (Å²) in [6.07, 6.45) is 4.20. The van der Waals surface area contributed by atoms with Crippen molar-refractivity contribution in [1.82, 2.24) is 5.32 Å². The quantitative estimate of drug-likeness (QED) is 0.765. The van der Waals surface area contributed by atoms with Crippen LogP contribution in [0, 0.1) is 13.8 Å². The maximum absolute atomic E-state index is 13.3. The van der Waals surface area contributed by atoms with Crippen LogP contribution in [-0.2, 0) is 11.2 Å². The number of rotatable bonds is 6. The van der Waals surface area contributed by atoms with Crippen molar-refractivity contribution in [3.63, 3.8) is 0 Å². The number of nitrogens with one attached hydrogen (secondary N) is 1. The van der Waals surface area contributed by atoms with E-state index < -0.39 is 0 Å². The third-order valence-corrected chi connectivity index (χ3v) is 5.46. The molecule has 2 heteroatoms. The molecule has 1 N–H and O–H groups in total. The van der Waals surface area contributed by atoms with E-state index in [1.807, 2.05) is 13.1 Å². The molecular formula is C24H29NO. The molecule has 0 saturated carbocycles. The normalized spacial score (nSPS) is 17.1. The second-order valence-electron chi connectivity index (χ2n) is 7.38. The SMILES string of the molecule is CCCCc1cc(C2=C(NC)CC(c3cccc(C)c3)C2=O)ccc1C. The average Bonchev–Trinajstić information content (AvgIpc) is 2.97. The zero-order valence-corrected chi connectivity index (χ0v) is 16.4. The van der Waals surface area contributed by atoms with Gasteiger partial charge in [0.25, 0.3) is 0 Å². The third-order valence-electron chi connectivity index (χ3n) is 5.46. The molecule has 3 rings (SSSR count). The summed E-state index contributed by atoms with van der Waals surface area (Å²) in [5, 5.41) is 3.29. The molecule has 136 valence electrons. The van der Waals surface area contributed by atoms with Gasteiger partial charge < -0.3 is 5.32 Å². The molecule has 1 atom stereocenters. The van der Waals surface area contributed by atoms with Crippen LogP contribution in [0.3, 0.4) is 0 Å². The highest BCUT2D eigenvalue weighted by molar-refractivity contribution is 6.26. The van der Waals surface area contributed by atoms with Crippen LogP contribution in [0.5, 0.6) is 0 Å². The standard InChI is InChI=1S/C24H29NO/c1-5-6-9-18-14-20(12-11-17(18)3)23-22(25-4)15-21(24(23)26)19-10-7-8-16(2)13-19/h7-8,10-14,21,25H,5-6,9,15H2,1-4H3. The smallest absolute Gasteiger partial charge is 0.173 e. The Labute approximate surface area is 157 Å². The molecule has 0 aromatic heterocycles. The predicted octanol–water partition coefficient (Wildman–Crippen LogP) is 5.33. The van der Waals surface area contributed by atoms with E-state index >= 15 is 0 Å². The molecule has 1 unspecified atom stereocenters. The molecule has 26 heavy (non-hydrogen) atoms. The van der Waals surface area contributed by atoms with Gasteiger partial charge in [0, 0.05) is 24.7 Å². The Morgan fingerprint density at radius 1 is 1.12 bits per heavy atom. The number of hydrogen-bond acceptors (Lipinski definition) is 2. The monoisotopic (exact) mass is 347 g/mol. The van der Waals surface area contributed by atoms with Gasteiger partial charge in [-0.3, -0.25) is 4.79 Å². The van der Waals surface area contributed by atoms with Gasteiger partial charge >= 0.3 is 0 Å². The zero-order chi connectivity index (χ0) is 18.7. The Morgan fingerprint density at radius 3 is 2.62 bits per heavy atom. The second-order valence-corrected chi connectivity index (χ2v) is 7.38. The summed E-state index contributed by atoms with van der Waals surface area (Å²) in [7, 11) is 1.92. The van der Waals surface area contributed by atoms with Crippen LogP contribution in [0.4, 0.5) is 0 Å². The van der Waals surface area contributed by atoms with Gasteiger partial charge in [0.05, 0.1) is 5.92 Å². The second kappa shape index (κ2) is 7.90. The summed E-state index contributed by atoms with van der Waals surface area (Å²) in [5.41, 5.74) is 7.99. The van der Waals surface area contributed by atoms with Crippen LogP contribution in [0.1, 0.15) is 59.9 Å². The molecular weight excluding hydrogens is 318 g/mol. The fourth-order valence-corrected chi connectivity index (χ4v) is 3.89. The maximum atomic E-state index is 13.3. The molecule has 0 spiro atoms. The molecule has 2 aromatic carbocycles. The fourth-order valence-electron chi connectivity index (χ4n) is 3.89. The third kappa shape index (κ3) is 3.60. The lowest BCUT2D eigenvalue weighted by molar-refractivity contribution is -0.114. The van der Waals surface area contributed by atoms with Crippen LogP contribution >= 0.6 is 0 Å². The lowest BCUT2D eigenvalue weighted by Crippen LogP contribution is -2.08. The first-order valence-electron chi connectivity index (χ1n) is 9.66. The number of Topliss-reactive ketones (excluding diaryl/α,β-unsaturated/α-hetero) is 1. The number of benzene rings is 2. The minimum Gasteiger partial charge on any atom is -0.391 e. The van der Waals surface area contributed by atoms with Crippen LogP contribution in [0.2, 0.25) is 0 Å². The van der Waals surface area contributed by atoms with Crippen molar-refractivity contribution in [1.29, 1.82) is 0 Å². The van der Waals surface area contributed by atoms with Gasteiger partial charge in [-0.05, 0) is 48.9 Å². The van der Waals surface area contributed by atoms with E-state index in [1.54, 1.807) is 0 Å². The van der Waals surface area contributed by atoms with Crippen molar-refractivity contribution in [2.45, 2.75) is 52.4 Å². The van der Waals surface area contributed by atoms with Crippen LogP contribution in [0.15, 0.2) is 48.2 Å². The molecule has 0 fully saturated rings. The molecule has 2 aromatic rings. The molecule has 0 saturated heterocycles. The van der Waals surface area contributed by atoms with Crippen molar-refractivity contribution in [3.05, 3.63) is 76.0 Å². The van der Waals surface area contributed by atoms with Crippen LogP contribution < -0.4 is 5.32 Å². The van der Waals surface area contributed by atoms with Gasteiger partial charge in [-0.25, -0.2) is 0 Å². The molecule has 1 aliphatic carbocycles. The highest BCUT2D eigenvalue weighted by Crippen LogP contribution is 2.39. The fraction of sp³-hybridized carbons (Fsp3) is 0.375. The van der Waals surface area contributed by atoms with Gasteiger partial charge in [0.1, 0.15) is 0 Å². The lowest BCUT2D eigenvalue weighted by Gasteiger charge is -2.12. The Hall–Kier alpha value is -2.35. The minimum absolute atomic E-state index is 0.0762. The maximum Gasteiger partial charge on any atom is 0.173 e. The van der Waals surface area contributed by atoms with Crippen molar-refractivity contribution < 1.29 is 4.79 Å². The summed E-state index contributed by atoms with van der Waals surface area (Å²) < 4.78 is 0. The number of unbranched alkanes of at least 4 members (excludes halogenated alkanes) is 1. The highest BCUT2D eigenvalue weighted by atomic mass is 16.1. The number of allylic oxidation sites excluding steroid dienone is 2. The summed E-state index contributed by atoms with van der Waals surface area (Å²) in [5.74, 6) is 0.165. The van der Waals surface area contributed by atoms with Crippen molar-refractivity contribution in [2.75, 3.05) is 7.05 Å². The molecule has 0 heterocycles. The number of aryl methyl sites for hydroxylation is 3. The van der Waals surface area contributed by atoms with Crippen molar-refractivity contribution in [2.24, 2.45) is 0 Å². The Kier molecular flexibility index (Phi) is 5.61. The number of ketones is 1. The Bertz CT molecular complexity index is 847. The highest BCUT2D eigenvalue weighted by Gasteiger charge is 2.34. The largest absolute Gasteiger partial charge is 0.391 e. The molecule has 0 bridgehead atoms. The van der Waals surface area contributed by atoms with Crippen LogP contribution in [-0.4, -0.2) is 12.8 Å². The van der Waals surface area contributed by atoms with E-state index in [0.717, 1.165) is 35.2 Å². The van der Waals surface area contributed by atoms with E-state index in [2.05, 4.69) is 62.5 Å². The van der Waals surface area contributed by atoms with Gasteiger partial charge in [0.2, 0.25) is 0 Å². The molecule has 0 aliphatic heterocycles. The Balaban J connectivity index is 1.97. The Morgan fingerprint density at radius 2 is 1.92 bits per heavy atom. The molecule has 0 radical (unpaired) electrons.